The molecule has 0 aliphatic heterocycles. The van der Waals surface area contributed by atoms with Crippen molar-refractivity contribution in [1.82, 2.24) is 9.97 Å². The van der Waals surface area contributed by atoms with Crippen LogP contribution in [-0.4, -0.2) is 22.6 Å². The number of rotatable bonds is 6. The first-order valence-electron chi connectivity index (χ1n) is 5.84. The van der Waals surface area contributed by atoms with Gasteiger partial charge in [-0.15, -0.1) is 0 Å². The van der Waals surface area contributed by atoms with Crippen LogP contribution in [0.4, 0.5) is 5.95 Å². The van der Waals surface area contributed by atoms with E-state index < -0.39 is 0 Å². The molecule has 0 spiro atoms. The van der Waals surface area contributed by atoms with Crippen molar-refractivity contribution in [3.63, 3.8) is 0 Å². The summed E-state index contributed by atoms with van der Waals surface area (Å²) >= 11 is 0. The van der Waals surface area contributed by atoms with Crippen molar-refractivity contribution >= 4 is 5.95 Å². The standard InChI is InChI=1S/C12H21N3O/c1-5-16-11-6-7-13-12(15-11)14-10(4)8-9(2)3/h6-7,9-10H,5,8H2,1-4H3,(H,13,14,15). The van der Waals surface area contributed by atoms with Crippen LogP contribution in [0.1, 0.15) is 34.1 Å². The van der Waals surface area contributed by atoms with Gasteiger partial charge < -0.3 is 10.1 Å². The van der Waals surface area contributed by atoms with Crippen LogP contribution in [0.25, 0.3) is 0 Å². The SMILES string of the molecule is CCOc1ccnc(NC(C)CC(C)C)n1. The van der Waals surface area contributed by atoms with Gasteiger partial charge in [0.25, 0.3) is 0 Å². The topological polar surface area (TPSA) is 47.0 Å². The van der Waals surface area contributed by atoms with Crippen LogP contribution in [0.3, 0.4) is 0 Å². The number of nitrogens with one attached hydrogen (secondary N) is 1. The van der Waals surface area contributed by atoms with Crippen LogP contribution >= 0.6 is 0 Å². The molecule has 0 saturated heterocycles. The molecule has 1 unspecified atom stereocenters. The Hall–Kier alpha value is -1.32. The second-order valence-corrected chi connectivity index (χ2v) is 4.33. The maximum absolute atomic E-state index is 5.32. The number of hydrogen-bond donors (Lipinski definition) is 1. The van der Waals surface area contributed by atoms with E-state index in [0.717, 1.165) is 6.42 Å². The van der Waals surface area contributed by atoms with Crippen LogP contribution in [-0.2, 0) is 0 Å². The lowest BCUT2D eigenvalue weighted by atomic mass is 10.1. The molecule has 0 fully saturated rings. The average molecular weight is 223 g/mol. The Morgan fingerprint density at radius 3 is 2.75 bits per heavy atom. The molecule has 0 radical (unpaired) electrons. The second kappa shape index (κ2) is 6.30. The third kappa shape index (κ3) is 4.47. The van der Waals surface area contributed by atoms with E-state index in [-0.39, 0.29) is 0 Å². The highest BCUT2D eigenvalue weighted by Crippen LogP contribution is 2.12. The van der Waals surface area contributed by atoms with Gasteiger partial charge in [0.2, 0.25) is 11.8 Å². The Labute approximate surface area is 97.5 Å². The molecule has 4 nitrogen and oxygen atoms in total. The van der Waals surface area contributed by atoms with E-state index in [1.165, 1.54) is 0 Å². The third-order valence-corrected chi connectivity index (χ3v) is 2.12. The van der Waals surface area contributed by atoms with Crippen LogP contribution in [0.2, 0.25) is 0 Å². The molecule has 0 aliphatic carbocycles. The predicted octanol–water partition coefficient (Wildman–Crippen LogP) is 2.72. The smallest absolute Gasteiger partial charge is 0.226 e. The number of anilines is 1. The van der Waals surface area contributed by atoms with Gasteiger partial charge in [0.1, 0.15) is 0 Å². The number of ether oxygens (including phenoxy) is 1. The molecule has 1 atom stereocenters. The maximum atomic E-state index is 5.32. The molecule has 0 bridgehead atoms. The van der Waals surface area contributed by atoms with E-state index in [1.807, 2.05) is 6.92 Å². The van der Waals surface area contributed by atoms with Crippen molar-refractivity contribution in [3.8, 4) is 5.88 Å². The summed E-state index contributed by atoms with van der Waals surface area (Å²) in [6, 6.07) is 2.14. The zero-order valence-corrected chi connectivity index (χ0v) is 10.5. The van der Waals surface area contributed by atoms with Gasteiger partial charge in [0.15, 0.2) is 0 Å². The molecule has 4 heteroatoms. The molecule has 0 saturated carbocycles. The summed E-state index contributed by atoms with van der Waals surface area (Å²) in [4.78, 5) is 8.43. The fourth-order valence-electron chi connectivity index (χ4n) is 1.63. The normalized spacial score (nSPS) is 12.6. The van der Waals surface area contributed by atoms with E-state index in [9.17, 15) is 0 Å². The van der Waals surface area contributed by atoms with Crippen molar-refractivity contribution in [2.45, 2.75) is 40.2 Å². The summed E-state index contributed by atoms with van der Waals surface area (Å²) in [7, 11) is 0. The number of aromatic nitrogens is 2. The van der Waals surface area contributed by atoms with Crippen LogP contribution in [0.15, 0.2) is 12.3 Å². The Morgan fingerprint density at radius 2 is 2.12 bits per heavy atom. The maximum Gasteiger partial charge on any atom is 0.226 e. The van der Waals surface area contributed by atoms with Gasteiger partial charge in [-0.05, 0) is 26.2 Å². The highest BCUT2D eigenvalue weighted by atomic mass is 16.5. The van der Waals surface area contributed by atoms with Gasteiger partial charge in [0.05, 0.1) is 6.61 Å². The molecular weight excluding hydrogens is 202 g/mol. The summed E-state index contributed by atoms with van der Waals surface area (Å²) in [5.74, 6) is 1.92. The van der Waals surface area contributed by atoms with E-state index in [1.54, 1.807) is 12.3 Å². The Bertz CT molecular complexity index is 315. The number of nitrogens with zero attached hydrogens (tertiary/aromatic N) is 2. The lowest BCUT2D eigenvalue weighted by Crippen LogP contribution is -2.19. The van der Waals surface area contributed by atoms with Gasteiger partial charge in [-0.2, -0.15) is 4.98 Å². The fourth-order valence-corrected chi connectivity index (χ4v) is 1.63. The second-order valence-electron chi connectivity index (χ2n) is 4.33. The van der Waals surface area contributed by atoms with Gasteiger partial charge in [-0.25, -0.2) is 4.98 Å². The van der Waals surface area contributed by atoms with Crippen LogP contribution < -0.4 is 10.1 Å². The lowest BCUT2D eigenvalue weighted by molar-refractivity contribution is 0.326. The molecule has 1 N–H and O–H groups in total. The minimum absolute atomic E-state index is 0.372. The quantitative estimate of drug-likeness (QED) is 0.805. The predicted molar refractivity (Wildman–Crippen MR) is 65.7 cm³/mol. The molecular formula is C12H21N3O. The van der Waals surface area contributed by atoms with Crippen molar-refractivity contribution in [2.24, 2.45) is 5.92 Å². The molecule has 0 amide bonds. The largest absolute Gasteiger partial charge is 0.478 e. The summed E-state index contributed by atoms with van der Waals surface area (Å²) in [6.45, 7) is 9.11. The van der Waals surface area contributed by atoms with Crippen molar-refractivity contribution in [3.05, 3.63) is 12.3 Å². The van der Waals surface area contributed by atoms with Gasteiger partial charge in [-0.1, -0.05) is 13.8 Å². The monoisotopic (exact) mass is 223 g/mol. The van der Waals surface area contributed by atoms with Gasteiger partial charge in [0, 0.05) is 18.3 Å². The van der Waals surface area contributed by atoms with E-state index >= 15 is 0 Å². The molecule has 1 aromatic heterocycles. The average Bonchev–Trinajstić information content (AvgIpc) is 2.17. The Balaban J connectivity index is 2.55. The molecule has 1 rings (SSSR count). The molecule has 0 aromatic carbocycles. The van der Waals surface area contributed by atoms with Gasteiger partial charge >= 0.3 is 0 Å². The van der Waals surface area contributed by atoms with E-state index in [2.05, 4.69) is 36.1 Å². The zero-order chi connectivity index (χ0) is 12.0. The fraction of sp³-hybridized carbons (Fsp3) is 0.667. The molecule has 1 aromatic rings. The first-order chi connectivity index (χ1) is 7.61. The molecule has 0 aliphatic rings. The zero-order valence-electron chi connectivity index (χ0n) is 10.5. The lowest BCUT2D eigenvalue weighted by Gasteiger charge is -2.15. The van der Waals surface area contributed by atoms with Crippen molar-refractivity contribution < 1.29 is 4.74 Å². The molecule has 90 valence electrons. The van der Waals surface area contributed by atoms with E-state index in [0.29, 0.717) is 30.4 Å². The van der Waals surface area contributed by atoms with Crippen molar-refractivity contribution in [1.29, 1.82) is 0 Å². The third-order valence-electron chi connectivity index (χ3n) is 2.12. The number of hydrogen-bond acceptors (Lipinski definition) is 4. The Kier molecular flexibility index (Phi) is 5.02. The highest BCUT2D eigenvalue weighted by molar-refractivity contribution is 5.28. The first kappa shape index (κ1) is 12.7. The summed E-state index contributed by atoms with van der Waals surface area (Å²) in [5, 5.41) is 3.27. The van der Waals surface area contributed by atoms with Crippen LogP contribution in [0.5, 0.6) is 5.88 Å². The summed E-state index contributed by atoms with van der Waals surface area (Å²) in [6.07, 6.45) is 2.81. The molecule has 1 heterocycles. The molecule has 16 heavy (non-hydrogen) atoms. The summed E-state index contributed by atoms with van der Waals surface area (Å²) in [5.41, 5.74) is 0. The minimum atomic E-state index is 0.372. The first-order valence-corrected chi connectivity index (χ1v) is 5.84. The van der Waals surface area contributed by atoms with Gasteiger partial charge in [-0.3, -0.25) is 0 Å². The van der Waals surface area contributed by atoms with Crippen LogP contribution in [0, 0.1) is 5.92 Å². The van der Waals surface area contributed by atoms with Crippen molar-refractivity contribution in [2.75, 3.05) is 11.9 Å². The summed E-state index contributed by atoms with van der Waals surface area (Å²) < 4.78 is 5.32. The van der Waals surface area contributed by atoms with E-state index in [4.69, 9.17) is 4.74 Å². The Morgan fingerprint density at radius 1 is 1.38 bits per heavy atom. The highest BCUT2D eigenvalue weighted by Gasteiger charge is 2.07. The minimum Gasteiger partial charge on any atom is -0.478 e.